The number of rotatable bonds is 7. The van der Waals surface area contributed by atoms with Crippen molar-refractivity contribution in [1.82, 2.24) is 9.88 Å². The third-order valence-electron chi connectivity index (χ3n) is 6.43. The maximum atomic E-state index is 13.5. The normalized spacial score (nSPS) is 18.8. The van der Waals surface area contributed by atoms with Gasteiger partial charge in [0.15, 0.2) is 0 Å². The van der Waals surface area contributed by atoms with E-state index in [0.717, 1.165) is 22.4 Å². The third kappa shape index (κ3) is 4.78. The molecule has 0 bridgehead atoms. The lowest BCUT2D eigenvalue weighted by Crippen LogP contribution is -2.48. The highest BCUT2D eigenvalue weighted by Crippen LogP contribution is 2.40. The van der Waals surface area contributed by atoms with Crippen molar-refractivity contribution in [3.8, 4) is 17.3 Å². The Balaban J connectivity index is 1.50. The lowest BCUT2D eigenvalue weighted by atomic mass is 9.84. The fourth-order valence-corrected chi connectivity index (χ4v) is 4.41. The molecule has 0 saturated carbocycles. The predicted molar refractivity (Wildman–Crippen MR) is 125 cm³/mol. The number of pyridine rings is 1. The molecule has 1 aliphatic heterocycles. The molecule has 1 saturated heterocycles. The van der Waals surface area contributed by atoms with Crippen molar-refractivity contribution in [3.63, 3.8) is 0 Å². The van der Waals surface area contributed by atoms with Crippen LogP contribution in [0.15, 0.2) is 66.9 Å². The number of aliphatic hydroxyl groups excluding tert-OH is 1. The van der Waals surface area contributed by atoms with Gasteiger partial charge in [-0.1, -0.05) is 36.4 Å². The van der Waals surface area contributed by atoms with E-state index in [0.29, 0.717) is 31.4 Å². The summed E-state index contributed by atoms with van der Waals surface area (Å²) in [6.45, 7) is 2.41. The first kappa shape index (κ1) is 23.4. The van der Waals surface area contributed by atoms with E-state index in [1.165, 1.54) is 12.1 Å². The molecule has 2 unspecified atom stereocenters. The largest absolute Gasteiger partial charge is 0.438 e. The Bertz CT molecular complexity index is 1170. The minimum Gasteiger partial charge on any atom is -0.438 e. The molecule has 34 heavy (non-hydrogen) atoms. The number of carbonyl (C=O) groups is 1. The summed E-state index contributed by atoms with van der Waals surface area (Å²) < 4.78 is 19.5. The van der Waals surface area contributed by atoms with E-state index in [1.807, 2.05) is 31.2 Å². The fourth-order valence-electron chi connectivity index (χ4n) is 4.41. The molecule has 4 rings (SSSR count). The second kappa shape index (κ2) is 10.0. The van der Waals surface area contributed by atoms with Gasteiger partial charge < -0.3 is 14.7 Å². The molecule has 2 atom stereocenters. The number of aromatic nitrogens is 1. The molecule has 0 spiro atoms. The van der Waals surface area contributed by atoms with Crippen LogP contribution in [-0.4, -0.2) is 34.2 Å². The Morgan fingerprint density at radius 1 is 1.18 bits per heavy atom. The molecule has 1 N–H and O–H groups in total. The topological polar surface area (TPSA) is 86.5 Å². The molecule has 174 valence electrons. The maximum absolute atomic E-state index is 13.5. The highest BCUT2D eigenvalue weighted by molar-refractivity contribution is 5.70. The second-order valence-corrected chi connectivity index (χ2v) is 8.48. The van der Waals surface area contributed by atoms with E-state index in [-0.39, 0.29) is 18.5 Å². The molecule has 3 aromatic rings. The van der Waals surface area contributed by atoms with Crippen LogP contribution in [0.1, 0.15) is 48.9 Å². The van der Waals surface area contributed by atoms with E-state index in [9.17, 15) is 14.3 Å². The number of hydrogen-bond donors (Lipinski definition) is 1. The number of cyclic esters (lactones) is 1. The Morgan fingerprint density at radius 3 is 2.50 bits per heavy atom. The second-order valence-electron chi connectivity index (χ2n) is 8.48. The van der Waals surface area contributed by atoms with E-state index in [1.54, 1.807) is 35.4 Å². The molecule has 2 aromatic carbocycles. The van der Waals surface area contributed by atoms with Crippen LogP contribution in [0.2, 0.25) is 0 Å². The average molecular weight is 460 g/mol. The van der Waals surface area contributed by atoms with Crippen molar-refractivity contribution in [2.45, 2.75) is 37.8 Å². The Kier molecular flexibility index (Phi) is 6.90. The summed E-state index contributed by atoms with van der Waals surface area (Å²) in [4.78, 5) is 19.1. The maximum Gasteiger partial charge on any atom is 0.411 e. The van der Waals surface area contributed by atoms with E-state index < -0.39 is 11.7 Å². The molecule has 1 fully saturated rings. The van der Waals surface area contributed by atoms with Crippen LogP contribution in [0.4, 0.5) is 9.18 Å². The molecule has 6 nitrogen and oxygen atoms in total. The van der Waals surface area contributed by atoms with Crippen LogP contribution in [-0.2, 0) is 10.3 Å². The summed E-state index contributed by atoms with van der Waals surface area (Å²) in [5, 5.41) is 18.3. The van der Waals surface area contributed by atoms with Crippen LogP contribution < -0.4 is 0 Å². The molecule has 7 heteroatoms. The van der Waals surface area contributed by atoms with Gasteiger partial charge in [0.25, 0.3) is 0 Å². The number of benzene rings is 2. The quantitative estimate of drug-likeness (QED) is 0.516. The molecule has 0 aliphatic carbocycles. The smallest absolute Gasteiger partial charge is 0.411 e. The summed E-state index contributed by atoms with van der Waals surface area (Å²) >= 11 is 0. The van der Waals surface area contributed by atoms with E-state index in [4.69, 9.17) is 10.00 Å². The van der Waals surface area contributed by atoms with Crippen molar-refractivity contribution in [1.29, 1.82) is 5.26 Å². The van der Waals surface area contributed by atoms with Crippen LogP contribution in [0.25, 0.3) is 11.3 Å². The van der Waals surface area contributed by atoms with Crippen LogP contribution >= 0.6 is 0 Å². The number of hydrogen-bond acceptors (Lipinski definition) is 5. The van der Waals surface area contributed by atoms with Gasteiger partial charge >= 0.3 is 6.09 Å². The number of ether oxygens (including phenoxy) is 1. The van der Waals surface area contributed by atoms with Gasteiger partial charge in [0.2, 0.25) is 0 Å². The van der Waals surface area contributed by atoms with Gasteiger partial charge in [0, 0.05) is 31.3 Å². The zero-order valence-electron chi connectivity index (χ0n) is 18.9. The highest BCUT2D eigenvalue weighted by Gasteiger charge is 2.43. The van der Waals surface area contributed by atoms with Crippen LogP contribution in [0.5, 0.6) is 0 Å². The Labute approximate surface area is 198 Å². The van der Waals surface area contributed by atoms with Gasteiger partial charge in [-0.15, -0.1) is 0 Å². The molecule has 1 amide bonds. The Hall–Kier alpha value is -3.76. The van der Waals surface area contributed by atoms with Crippen molar-refractivity contribution in [2.75, 3.05) is 13.2 Å². The fraction of sp³-hybridized carbons (Fsp3) is 0.296. The van der Waals surface area contributed by atoms with Gasteiger partial charge in [-0.05, 0) is 55.2 Å². The van der Waals surface area contributed by atoms with Crippen molar-refractivity contribution in [3.05, 3.63) is 89.4 Å². The first-order valence-corrected chi connectivity index (χ1v) is 11.3. The summed E-state index contributed by atoms with van der Waals surface area (Å²) in [6, 6.07) is 19.2. The highest BCUT2D eigenvalue weighted by atomic mass is 19.1. The Morgan fingerprint density at radius 2 is 1.91 bits per heavy atom. The molecule has 2 heterocycles. The van der Waals surface area contributed by atoms with Crippen LogP contribution in [0.3, 0.4) is 0 Å². The number of aliphatic hydroxyl groups is 1. The third-order valence-corrected chi connectivity index (χ3v) is 6.43. The molecular formula is C27H26FN3O3. The SMILES string of the molecule is CC(c1ccc(-c2ccc(C#N)cn2)cc1)N1CCC(CCCO)(c2ccc(F)cc2)OC1=O. The first-order valence-electron chi connectivity index (χ1n) is 11.3. The lowest BCUT2D eigenvalue weighted by molar-refractivity contribution is -0.0680. The van der Waals surface area contributed by atoms with Crippen molar-refractivity contribution >= 4 is 6.09 Å². The number of carbonyl (C=O) groups excluding carboxylic acids is 1. The van der Waals surface area contributed by atoms with Crippen molar-refractivity contribution < 1.29 is 19.0 Å². The lowest BCUT2D eigenvalue weighted by Gasteiger charge is -2.43. The van der Waals surface area contributed by atoms with Gasteiger partial charge in [-0.3, -0.25) is 4.98 Å². The molecule has 1 aliphatic rings. The predicted octanol–water partition coefficient (Wildman–Crippen LogP) is 5.33. The molecule has 1 aromatic heterocycles. The first-order chi connectivity index (χ1) is 16.5. The molecular weight excluding hydrogens is 433 g/mol. The summed E-state index contributed by atoms with van der Waals surface area (Å²) in [7, 11) is 0. The standard InChI is InChI=1S/C27H26FN3O3/c1-19(21-4-6-22(7-5-21)25-12-3-20(17-29)18-30-25)31-15-14-27(13-2-16-32,34-26(31)33)23-8-10-24(28)11-9-23/h3-12,18-19,32H,2,13-16H2,1H3. The zero-order chi connectivity index (χ0) is 24.1. The number of amides is 1. The van der Waals surface area contributed by atoms with Gasteiger partial charge in [0.1, 0.15) is 17.5 Å². The molecule has 0 radical (unpaired) electrons. The van der Waals surface area contributed by atoms with E-state index >= 15 is 0 Å². The van der Waals surface area contributed by atoms with Gasteiger partial charge in [-0.25, -0.2) is 9.18 Å². The minimum atomic E-state index is -0.880. The van der Waals surface area contributed by atoms with E-state index in [2.05, 4.69) is 11.1 Å². The number of nitrogens with zero attached hydrogens (tertiary/aromatic N) is 3. The van der Waals surface area contributed by atoms with Crippen LogP contribution in [0, 0.1) is 17.1 Å². The monoisotopic (exact) mass is 459 g/mol. The number of nitriles is 1. The number of halogens is 1. The summed E-state index contributed by atoms with van der Waals surface area (Å²) in [6.07, 6.45) is 2.60. The van der Waals surface area contributed by atoms with Gasteiger partial charge in [0.05, 0.1) is 17.3 Å². The van der Waals surface area contributed by atoms with Crippen molar-refractivity contribution in [2.24, 2.45) is 0 Å². The summed E-state index contributed by atoms with van der Waals surface area (Å²) in [5.41, 5.74) is 3.01. The minimum absolute atomic E-state index is 0.0128. The van der Waals surface area contributed by atoms with Gasteiger partial charge in [-0.2, -0.15) is 5.26 Å². The average Bonchev–Trinajstić information content (AvgIpc) is 2.88. The summed E-state index contributed by atoms with van der Waals surface area (Å²) in [5.74, 6) is -0.349. The zero-order valence-corrected chi connectivity index (χ0v) is 18.9.